The number of fused-ring (bicyclic) bond motifs is 2. The van der Waals surface area contributed by atoms with Gasteiger partial charge >= 0.3 is 0 Å². The summed E-state index contributed by atoms with van der Waals surface area (Å²) >= 11 is 6.41. The number of H-pyrrole nitrogens is 1. The van der Waals surface area contributed by atoms with Gasteiger partial charge in [-0.1, -0.05) is 41.9 Å². The van der Waals surface area contributed by atoms with Gasteiger partial charge in [0.05, 0.1) is 28.3 Å². The normalized spacial score (nSPS) is 14.6. The van der Waals surface area contributed by atoms with Crippen molar-refractivity contribution in [2.24, 2.45) is 7.05 Å². The van der Waals surface area contributed by atoms with Gasteiger partial charge in [0.15, 0.2) is 0 Å². The Bertz CT molecular complexity index is 1130. The maximum atomic E-state index is 6.41. The second kappa shape index (κ2) is 6.51. The zero-order valence-electron chi connectivity index (χ0n) is 15.1. The molecular weight excluding hydrogens is 358 g/mol. The van der Waals surface area contributed by atoms with Crippen molar-refractivity contribution in [3.8, 4) is 11.3 Å². The Balaban J connectivity index is 1.45. The molecule has 1 N–H and O–H groups in total. The molecule has 0 radical (unpaired) electrons. The monoisotopic (exact) mass is 377 g/mol. The number of aromatic amines is 1. The summed E-state index contributed by atoms with van der Waals surface area (Å²) in [6.07, 6.45) is 0.955. The minimum absolute atomic E-state index is 0.735. The highest BCUT2D eigenvalue weighted by Crippen LogP contribution is 2.33. The summed E-state index contributed by atoms with van der Waals surface area (Å²) in [6.45, 7) is 2.65. The number of aromatic nitrogens is 4. The van der Waals surface area contributed by atoms with Gasteiger partial charge in [-0.2, -0.15) is 5.10 Å². The predicted octanol–water partition coefficient (Wildman–Crippen LogP) is 4.18. The molecule has 2 aromatic carbocycles. The molecule has 6 heteroatoms. The third-order valence-corrected chi connectivity index (χ3v) is 5.72. The first-order valence-corrected chi connectivity index (χ1v) is 9.52. The molecule has 3 heterocycles. The largest absolute Gasteiger partial charge is 0.330 e. The molecule has 5 rings (SSSR count). The average molecular weight is 378 g/mol. The second-order valence-corrected chi connectivity index (χ2v) is 7.45. The Morgan fingerprint density at radius 1 is 1.11 bits per heavy atom. The third kappa shape index (κ3) is 2.83. The van der Waals surface area contributed by atoms with Crippen LogP contribution in [0.2, 0.25) is 5.02 Å². The number of hydrogen-bond acceptors (Lipinski definition) is 3. The van der Waals surface area contributed by atoms with Crippen molar-refractivity contribution in [1.82, 2.24) is 24.6 Å². The average Bonchev–Trinajstić information content (AvgIpc) is 3.24. The highest BCUT2D eigenvalue weighted by molar-refractivity contribution is 6.33. The fraction of sp³-hybridized carbons (Fsp3) is 0.238. The van der Waals surface area contributed by atoms with E-state index in [-0.39, 0.29) is 0 Å². The summed E-state index contributed by atoms with van der Waals surface area (Å²) in [6, 6.07) is 16.2. The van der Waals surface area contributed by atoms with Gasteiger partial charge in [0.25, 0.3) is 0 Å². The number of aryl methyl sites for hydroxylation is 1. The van der Waals surface area contributed by atoms with Crippen LogP contribution in [0.3, 0.4) is 0 Å². The van der Waals surface area contributed by atoms with Gasteiger partial charge in [0.2, 0.25) is 0 Å². The highest BCUT2D eigenvalue weighted by atomic mass is 35.5. The maximum absolute atomic E-state index is 6.41. The summed E-state index contributed by atoms with van der Waals surface area (Å²) in [4.78, 5) is 7.25. The molecule has 4 aromatic rings. The number of halogens is 1. The van der Waals surface area contributed by atoms with E-state index >= 15 is 0 Å². The zero-order valence-corrected chi connectivity index (χ0v) is 15.9. The van der Waals surface area contributed by atoms with E-state index in [4.69, 9.17) is 16.6 Å². The SMILES string of the molecule is Cn1c(CN2CCc3[nH]nc(-c4ccccc4Cl)c3C2)nc2ccccc21. The first kappa shape index (κ1) is 16.5. The number of rotatable bonds is 3. The molecular formula is C21H20ClN5. The molecule has 1 aliphatic rings. The lowest BCUT2D eigenvalue weighted by Gasteiger charge is -2.26. The predicted molar refractivity (Wildman–Crippen MR) is 108 cm³/mol. The van der Waals surface area contributed by atoms with Crippen LogP contribution in [0.4, 0.5) is 0 Å². The van der Waals surface area contributed by atoms with E-state index in [1.807, 2.05) is 30.3 Å². The summed E-state index contributed by atoms with van der Waals surface area (Å²) < 4.78 is 2.19. The fourth-order valence-corrected chi connectivity index (χ4v) is 4.12. The smallest absolute Gasteiger partial charge is 0.123 e. The van der Waals surface area contributed by atoms with E-state index in [1.54, 1.807) is 0 Å². The number of nitrogens with zero attached hydrogens (tertiary/aromatic N) is 4. The Labute approximate surface area is 162 Å². The van der Waals surface area contributed by atoms with Crippen LogP contribution in [-0.4, -0.2) is 31.2 Å². The van der Waals surface area contributed by atoms with Gasteiger partial charge in [0.1, 0.15) is 5.82 Å². The number of nitrogens with one attached hydrogen (secondary N) is 1. The molecule has 27 heavy (non-hydrogen) atoms. The molecule has 0 fully saturated rings. The van der Waals surface area contributed by atoms with E-state index in [0.717, 1.165) is 53.7 Å². The number of hydrogen-bond donors (Lipinski definition) is 1. The van der Waals surface area contributed by atoms with Crippen molar-refractivity contribution in [3.05, 3.63) is 70.6 Å². The van der Waals surface area contributed by atoms with Crippen LogP contribution in [-0.2, 0) is 26.6 Å². The quantitative estimate of drug-likeness (QED) is 0.582. The van der Waals surface area contributed by atoms with Gasteiger partial charge in [-0.3, -0.25) is 10.00 Å². The minimum Gasteiger partial charge on any atom is -0.330 e. The lowest BCUT2D eigenvalue weighted by molar-refractivity contribution is 0.237. The molecule has 0 bridgehead atoms. The van der Waals surface area contributed by atoms with E-state index < -0.39 is 0 Å². The topological polar surface area (TPSA) is 49.7 Å². The van der Waals surface area contributed by atoms with Gasteiger partial charge in [-0.05, 0) is 18.2 Å². The first-order valence-electron chi connectivity index (χ1n) is 9.14. The Hall–Kier alpha value is -2.63. The first-order chi connectivity index (χ1) is 13.2. The van der Waals surface area contributed by atoms with Gasteiger partial charge in [-0.15, -0.1) is 0 Å². The molecule has 0 unspecified atom stereocenters. The zero-order chi connectivity index (χ0) is 18.4. The molecule has 2 aromatic heterocycles. The van der Waals surface area contributed by atoms with Crippen LogP contribution in [0, 0.1) is 0 Å². The molecule has 1 aliphatic heterocycles. The van der Waals surface area contributed by atoms with Crippen LogP contribution in [0.25, 0.3) is 22.3 Å². The minimum atomic E-state index is 0.735. The van der Waals surface area contributed by atoms with E-state index in [0.29, 0.717) is 0 Å². The van der Waals surface area contributed by atoms with Crippen molar-refractivity contribution in [2.75, 3.05) is 6.54 Å². The van der Waals surface area contributed by atoms with E-state index in [1.165, 1.54) is 16.8 Å². The second-order valence-electron chi connectivity index (χ2n) is 7.05. The number of imidazole rings is 1. The maximum Gasteiger partial charge on any atom is 0.123 e. The molecule has 0 spiro atoms. The van der Waals surface area contributed by atoms with E-state index in [2.05, 4.69) is 44.9 Å². The van der Waals surface area contributed by atoms with Crippen molar-refractivity contribution < 1.29 is 0 Å². The Kier molecular flexibility index (Phi) is 3.99. The summed E-state index contributed by atoms with van der Waals surface area (Å²) in [5.41, 5.74) is 6.63. The van der Waals surface area contributed by atoms with Crippen LogP contribution < -0.4 is 0 Å². The van der Waals surface area contributed by atoms with Crippen molar-refractivity contribution >= 4 is 22.6 Å². The molecule has 5 nitrogen and oxygen atoms in total. The third-order valence-electron chi connectivity index (χ3n) is 5.39. The van der Waals surface area contributed by atoms with Gasteiger partial charge < -0.3 is 4.57 Å². The summed E-state index contributed by atoms with van der Waals surface area (Å²) in [7, 11) is 2.09. The number of para-hydroxylation sites is 2. The van der Waals surface area contributed by atoms with Crippen LogP contribution in [0.1, 0.15) is 17.1 Å². The lowest BCUT2D eigenvalue weighted by Crippen LogP contribution is -2.31. The van der Waals surface area contributed by atoms with Crippen molar-refractivity contribution in [1.29, 1.82) is 0 Å². The molecule has 0 atom stereocenters. The molecule has 0 saturated carbocycles. The van der Waals surface area contributed by atoms with Gasteiger partial charge in [-0.25, -0.2) is 4.98 Å². The molecule has 0 aliphatic carbocycles. The summed E-state index contributed by atoms with van der Waals surface area (Å²) in [5, 5.41) is 8.51. The van der Waals surface area contributed by atoms with Crippen molar-refractivity contribution in [2.45, 2.75) is 19.5 Å². The summed E-state index contributed by atoms with van der Waals surface area (Å²) in [5.74, 6) is 1.09. The van der Waals surface area contributed by atoms with Gasteiger partial charge in [0, 0.05) is 43.4 Å². The molecule has 136 valence electrons. The Morgan fingerprint density at radius 3 is 2.78 bits per heavy atom. The fourth-order valence-electron chi connectivity index (χ4n) is 3.90. The van der Waals surface area contributed by atoms with Crippen LogP contribution >= 0.6 is 11.6 Å². The molecule has 0 saturated heterocycles. The standard InChI is InChI=1S/C21H20ClN5/c1-26-19-9-5-4-8-18(19)23-20(26)13-27-11-10-17-15(12-27)21(25-24-17)14-6-2-3-7-16(14)22/h2-9H,10-13H2,1H3,(H,24,25). The number of benzene rings is 2. The highest BCUT2D eigenvalue weighted by Gasteiger charge is 2.24. The lowest BCUT2D eigenvalue weighted by atomic mass is 10.0. The molecule has 0 amide bonds. The van der Waals surface area contributed by atoms with E-state index in [9.17, 15) is 0 Å². The van der Waals surface area contributed by atoms with Crippen LogP contribution in [0.15, 0.2) is 48.5 Å². The van der Waals surface area contributed by atoms with Crippen molar-refractivity contribution in [3.63, 3.8) is 0 Å². The van der Waals surface area contributed by atoms with Crippen LogP contribution in [0.5, 0.6) is 0 Å². The Morgan fingerprint density at radius 2 is 1.93 bits per heavy atom.